The minimum absolute atomic E-state index is 0.229. The molecule has 1 heterocycles. The summed E-state index contributed by atoms with van der Waals surface area (Å²) in [7, 11) is 0. The van der Waals surface area contributed by atoms with Crippen LogP contribution in [0.3, 0.4) is 0 Å². The lowest BCUT2D eigenvalue weighted by Gasteiger charge is -2.21. The van der Waals surface area contributed by atoms with Gasteiger partial charge in [0.1, 0.15) is 5.82 Å². The van der Waals surface area contributed by atoms with Gasteiger partial charge in [0, 0.05) is 17.6 Å². The molecule has 1 N–H and O–H groups in total. The quantitative estimate of drug-likeness (QED) is 0.924. The topological polar surface area (TPSA) is 37.8 Å². The van der Waals surface area contributed by atoms with E-state index in [0.717, 1.165) is 16.5 Å². The molecular formula is C14H18FN3S. The van der Waals surface area contributed by atoms with Crippen LogP contribution in [0.4, 0.5) is 9.52 Å². The van der Waals surface area contributed by atoms with Gasteiger partial charge in [0.25, 0.3) is 0 Å². The van der Waals surface area contributed by atoms with E-state index in [9.17, 15) is 4.39 Å². The molecule has 0 saturated heterocycles. The summed E-state index contributed by atoms with van der Waals surface area (Å²) in [5.74, 6) is 0.528. The number of aromatic nitrogens is 2. The third-order valence-electron chi connectivity index (χ3n) is 2.96. The predicted molar refractivity (Wildman–Crippen MR) is 77.2 cm³/mol. The monoisotopic (exact) mass is 279 g/mol. The van der Waals surface area contributed by atoms with Gasteiger partial charge in [-0.1, -0.05) is 12.1 Å². The highest BCUT2D eigenvalue weighted by atomic mass is 32.1. The highest BCUT2D eigenvalue weighted by Crippen LogP contribution is 2.31. The number of rotatable bonds is 4. The average molecular weight is 279 g/mol. The van der Waals surface area contributed by atoms with Crippen LogP contribution in [0, 0.1) is 5.82 Å². The normalized spacial score (nSPS) is 11.9. The molecule has 0 saturated carbocycles. The van der Waals surface area contributed by atoms with Crippen molar-refractivity contribution in [2.45, 2.75) is 39.2 Å². The van der Waals surface area contributed by atoms with Crippen molar-refractivity contribution in [3.8, 4) is 0 Å². The Morgan fingerprint density at radius 3 is 2.42 bits per heavy atom. The molecule has 1 aromatic heterocycles. The zero-order chi connectivity index (χ0) is 14.0. The Bertz CT molecular complexity index is 546. The average Bonchev–Trinajstić information content (AvgIpc) is 2.78. The highest BCUT2D eigenvalue weighted by molar-refractivity contribution is 7.09. The minimum atomic E-state index is -0.332. The maximum absolute atomic E-state index is 13.0. The standard InChI is InChI=1S/C14H18FN3S/c1-9(2)16-13-17-12(18-19-13)14(3,4)10-5-7-11(15)8-6-10/h5-9H,1-4H3,(H,16,17,18). The van der Waals surface area contributed by atoms with Crippen molar-refractivity contribution in [1.82, 2.24) is 9.36 Å². The second-order valence-electron chi connectivity index (χ2n) is 5.35. The molecule has 0 unspecified atom stereocenters. The molecule has 1 aromatic carbocycles. The number of anilines is 1. The molecule has 0 atom stereocenters. The minimum Gasteiger partial charge on any atom is -0.358 e. The Labute approximate surface area is 117 Å². The molecule has 102 valence electrons. The first-order chi connectivity index (χ1) is 8.89. The molecule has 3 nitrogen and oxygen atoms in total. The van der Waals surface area contributed by atoms with E-state index in [1.807, 2.05) is 13.8 Å². The predicted octanol–water partition coefficient (Wildman–Crippen LogP) is 3.82. The molecule has 2 rings (SSSR count). The summed E-state index contributed by atoms with van der Waals surface area (Å²) in [6.45, 7) is 8.21. The van der Waals surface area contributed by atoms with E-state index in [1.165, 1.54) is 23.7 Å². The molecule has 0 aliphatic rings. The van der Waals surface area contributed by atoms with Crippen molar-refractivity contribution in [1.29, 1.82) is 0 Å². The lowest BCUT2D eigenvalue weighted by Crippen LogP contribution is -2.21. The Kier molecular flexibility index (Phi) is 3.85. The highest BCUT2D eigenvalue weighted by Gasteiger charge is 2.28. The van der Waals surface area contributed by atoms with E-state index in [2.05, 4.69) is 28.5 Å². The maximum atomic E-state index is 13.0. The van der Waals surface area contributed by atoms with Crippen molar-refractivity contribution >= 4 is 16.7 Å². The van der Waals surface area contributed by atoms with Crippen molar-refractivity contribution < 1.29 is 4.39 Å². The van der Waals surface area contributed by atoms with Crippen LogP contribution in [0.1, 0.15) is 39.1 Å². The molecule has 2 aromatic rings. The summed E-state index contributed by atoms with van der Waals surface area (Å²) in [6.07, 6.45) is 0. The van der Waals surface area contributed by atoms with Crippen LogP contribution in [0.25, 0.3) is 0 Å². The van der Waals surface area contributed by atoms with Crippen molar-refractivity contribution in [2.75, 3.05) is 5.32 Å². The SMILES string of the molecule is CC(C)Nc1nc(C(C)(C)c2ccc(F)cc2)ns1. The van der Waals surface area contributed by atoms with E-state index in [-0.39, 0.29) is 11.2 Å². The van der Waals surface area contributed by atoms with Crippen molar-refractivity contribution in [3.63, 3.8) is 0 Å². The zero-order valence-corrected chi connectivity index (χ0v) is 12.4. The molecule has 0 aliphatic carbocycles. The van der Waals surface area contributed by atoms with Crippen LogP contribution < -0.4 is 5.32 Å². The number of nitrogens with one attached hydrogen (secondary N) is 1. The Morgan fingerprint density at radius 1 is 1.21 bits per heavy atom. The summed E-state index contributed by atoms with van der Waals surface area (Å²) in [5, 5.41) is 4.06. The second-order valence-corrected chi connectivity index (χ2v) is 6.11. The molecule has 0 aliphatic heterocycles. The second kappa shape index (κ2) is 5.25. The van der Waals surface area contributed by atoms with Gasteiger partial charge in [0.05, 0.1) is 5.41 Å². The lowest BCUT2D eigenvalue weighted by atomic mass is 9.84. The third kappa shape index (κ3) is 3.10. The van der Waals surface area contributed by atoms with Crippen molar-refractivity contribution in [3.05, 3.63) is 41.5 Å². The number of benzene rings is 1. The molecule has 0 bridgehead atoms. The Morgan fingerprint density at radius 2 is 1.84 bits per heavy atom. The number of halogens is 1. The fourth-order valence-electron chi connectivity index (χ4n) is 1.78. The van der Waals surface area contributed by atoms with Crippen LogP contribution in [0.5, 0.6) is 0 Å². The van der Waals surface area contributed by atoms with Gasteiger partial charge in [-0.05, 0) is 45.4 Å². The van der Waals surface area contributed by atoms with Gasteiger partial charge in [-0.2, -0.15) is 4.37 Å². The van der Waals surface area contributed by atoms with Gasteiger partial charge in [0.15, 0.2) is 5.82 Å². The zero-order valence-electron chi connectivity index (χ0n) is 11.6. The largest absolute Gasteiger partial charge is 0.358 e. The first-order valence-corrected chi connectivity index (χ1v) is 7.03. The molecule has 5 heteroatoms. The van der Waals surface area contributed by atoms with Crippen LogP contribution in [0.15, 0.2) is 24.3 Å². The summed E-state index contributed by atoms with van der Waals surface area (Å²) >= 11 is 1.36. The van der Waals surface area contributed by atoms with E-state index in [1.54, 1.807) is 12.1 Å². The van der Waals surface area contributed by atoms with Crippen LogP contribution in [-0.2, 0) is 5.41 Å². The first kappa shape index (κ1) is 13.9. The molecule has 0 spiro atoms. The Balaban J connectivity index is 2.28. The summed E-state index contributed by atoms with van der Waals surface area (Å²) in [6, 6.07) is 6.83. The summed E-state index contributed by atoms with van der Waals surface area (Å²) in [5.41, 5.74) is 0.670. The molecular weight excluding hydrogens is 261 g/mol. The Hall–Kier alpha value is -1.49. The summed E-state index contributed by atoms with van der Waals surface area (Å²) < 4.78 is 17.4. The van der Waals surface area contributed by atoms with Gasteiger partial charge >= 0.3 is 0 Å². The van der Waals surface area contributed by atoms with Gasteiger partial charge < -0.3 is 5.32 Å². The van der Waals surface area contributed by atoms with Crippen LogP contribution >= 0.6 is 11.5 Å². The lowest BCUT2D eigenvalue weighted by molar-refractivity contribution is 0.592. The van der Waals surface area contributed by atoms with Crippen LogP contribution in [0.2, 0.25) is 0 Å². The fourth-order valence-corrected chi connectivity index (χ4v) is 2.64. The van der Waals surface area contributed by atoms with Crippen molar-refractivity contribution in [2.24, 2.45) is 0 Å². The maximum Gasteiger partial charge on any atom is 0.202 e. The van der Waals surface area contributed by atoms with Crippen LogP contribution in [-0.4, -0.2) is 15.4 Å². The number of hydrogen-bond acceptors (Lipinski definition) is 4. The van der Waals surface area contributed by atoms with Gasteiger partial charge in [-0.3, -0.25) is 0 Å². The fraction of sp³-hybridized carbons (Fsp3) is 0.429. The van der Waals surface area contributed by atoms with E-state index in [4.69, 9.17) is 0 Å². The number of hydrogen-bond donors (Lipinski definition) is 1. The first-order valence-electron chi connectivity index (χ1n) is 6.26. The van der Waals surface area contributed by atoms with Gasteiger partial charge in [0.2, 0.25) is 5.13 Å². The molecule has 19 heavy (non-hydrogen) atoms. The van der Waals surface area contributed by atoms with E-state index < -0.39 is 0 Å². The molecule has 0 amide bonds. The smallest absolute Gasteiger partial charge is 0.202 e. The third-order valence-corrected chi connectivity index (χ3v) is 3.61. The van der Waals surface area contributed by atoms with Gasteiger partial charge in [-0.15, -0.1) is 0 Å². The van der Waals surface area contributed by atoms with Gasteiger partial charge in [-0.25, -0.2) is 9.37 Å². The van der Waals surface area contributed by atoms with E-state index >= 15 is 0 Å². The number of nitrogens with zero attached hydrogens (tertiary/aromatic N) is 2. The summed E-state index contributed by atoms with van der Waals surface area (Å²) in [4.78, 5) is 4.52. The molecule has 0 fully saturated rings. The molecule has 0 radical (unpaired) electrons. The van der Waals surface area contributed by atoms with E-state index in [0.29, 0.717) is 6.04 Å².